The van der Waals surface area contributed by atoms with Gasteiger partial charge in [-0.25, -0.2) is 14.4 Å². The Bertz CT molecular complexity index is 517. The molecule has 0 amide bonds. The minimum absolute atomic E-state index is 0.0508. The fourth-order valence-corrected chi connectivity index (χ4v) is 1.59. The van der Waals surface area contributed by atoms with E-state index in [1.165, 1.54) is 13.0 Å². The van der Waals surface area contributed by atoms with Crippen molar-refractivity contribution in [1.29, 1.82) is 0 Å². The molecule has 128 valence electrons. The Hall–Kier alpha value is -2.25. The number of aliphatic carboxylic acids is 1. The molecular weight excluding hydrogens is 304 g/mol. The van der Waals surface area contributed by atoms with Gasteiger partial charge in [-0.3, -0.25) is 0 Å². The van der Waals surface area contributed by atoms with E-state index >= 15 is 0 Å². The van der Waals surface area contributed by atoms with Crippen molar-refractivity contribution in [1.82, 2.24) is 0 Å². The molecule has 0 fully saturated rings. The summed E-state index contributed by atoms with van der Waals surface area (Å²) in [4.78, 5) is 34.4. The lowest BCUT2D eigenvalue weighted by Gasteiger charge is -2.11. The second-order valence-corrected chi connectivity index (χ2v) is 4.89. The molecule has 0 aliphatic rings. The highest BCUT2D eigenvalue weighted by Crippen LogP contribution is 2.17. The van der Waals surface area contributed by atoms with Gasteiger partial charge in [-0.1, -0.05) is 26.2 Å². The molecule has 0 bridgehead atoms. The van der Waals surface area contributed by atoms with Gasteiger partial charge < -0.3 is 20.1 Å². The van der Waals surface area contributed by atoms with E-state index in [9.17, 15) is 14.4 Å². The average Bonchev–Trinajstić information content (AvgIpc) is 2.50. The minimum Gasteiger partial charge on any atom is -0.478 e. The minimum atomic E-state index is -1.21. The van der Waals surface area contributed by atoms with E-state index in [-0.39, 0.29) is 42.8 Å². The van der Waals surface area contributed by atoms with Crippen molar-refractivity contribution in [2.45, 2.75) is 26.2 Å². The zero-order valence-electron chi connectivity index (χ0n) is 13.1. The van der Waals surface area contributed by atoms with Gasteiger partial charge in [0.2, 0.25) is 0 Å². The summed E-state index contributed by atoms with van der Waals surface area (Å²) in [6, 6.07) is 0. The van der Waals surface area contributed by atoms with Crippen molar-refractivity contribution in [3.8, 4) is 0 Å². The maximum Gasteiger partial charge on any atom is 0.341 e. The first kappa shape index (κ1) is 20.8. The van der Waals surface area contributed by atoms with Crippen molar-refractivity contribution >= 4 is 17.9 Å². The summed E-state index contributed by atoms with van der Waals surface area (Å²) in [5, 5.41) is 26.4. The lowest BCUT2D eigenvalue weighted by Crippen LogP contribution is -2.18. The third-order valence-electron chi connectivity index (χ3n) is 3.03. The van der Waals surface area contributed by atoms with Gasteiger partial charge in [0, 0.05) is 42.3 Å². The molecule has 0 radical (unpaired) electrons. The van der Waals surface area contributed by atoms with Crippen LogP contribution in [0.15, 0.2) is 36.0 Å². The van der Waals surface area contributed by atoms with Gasteiger partial charge in [-0.2, -0.15) is 0 Å². The summed E-state index contributed by atoms with van der Waals surface area (Å²) >= 11 is 0. The zero-order chi connectivity index (χ0) is 18.0. The van der Waals surface area contributed by atoms with Gasteiger partial charge in [0.25, 0.3) is 0 Å². The Morgan fingerprint density at radius 1 is 1.09 bits per heavy atom. The molecule has 0 aromatic rings. The van der Waals surface area contributed by atoms with Crippen LogP contribution in [0.25, 0.3) is 0 Å². The molecule has 7 nitrogen and oxygen atoms in total. The van der Waals surface area contributed by atoms with E-state index < -0.39 is 23.8 Å². The van der Waals surface area contributed by atoms with Crippen LogP contribution in [0.4, 0.5) is 0 Å². The first-order valence-corrected chi connectivity index (χ1v) is 7.03. The monoisotopic (exact) mass is 326 g/mol. The number of carboxylic acid groups (broad SMARTS) is 1. The molecule has 3 N–H and O–H groups in total. The Morgan fingerprint density at radius 3 is 2.17 bits per heavy atom. The van der Waals surface area contributed by atoms with Crippen LogP contribution < -0.4 is 0 Å². The van der Waals surface area contributed by atoms with Crippen LogP contribution in [-0.4, -0.2) is 46.4 Å². The topological polar surface area (TPSA) is 121 Å². The lowest BCUT2D eigenvalue weighted by atomic mass is 9.98. The van der Waals surface area contributed by atoms with E-state index in [1.54, 1.807) is 0 Å². The number of carbonyl (C=O) groups is 3. The quantitative estimate of drug-likeness (QED) is 0.311. The fourth-order valence-electron chi connectivity index (χ4n) is 1.59. The average molecular weight is 326 g/mol. The van der Waals surface area contributed by atoms with Crippen LogP contribution in [-0.2, 0) is 19.1 Å². The smallest absolute Gasteiger partial charge is 0.341 e. The Morgan fingerprint density at radius 2 is 1.70 bits per heavy atom. The van der Waals surface area contributed by atoms with E-state index in [0.717, 1.165) is 0 Å². The SMILES string of the molecule is C=C(CCCO)C(=O)OC(=O)C(=C)C(C)C=C(CCO)C(=O)O. The van der Waals surface area contributed by atoms with Gasteiger partial charge in [0.05, 0.1) is 0 Å². The molecule has 0 aliphatic heterocycles. The normalized spacial score (nSPS) is 12.4. The van der Waals surface area contributed by atoms with Crippen molar-refractivity contribution in [3.63, 3.8) is 0 Å². The number of rotatable bonds is 10. The highest BCUT2D eigenvalue weighted by molar-refractivity contribution is 6.01. The van der Waals surface area contributed by atoms with Crippen LogP contribution in [0, 0.1) is 5.92 Å². The Kier molecular flexibility index (Phi) is 9.45. The number of carbonyl (C=O) groups excluding carboxylic acids is 2. The summed E-state index contributed by atoms with van der Waals surface area (Å²) in [5.74, 6) is -3.77. The van der Waals surface area contributed by atoms with Crippen LogP contribution in [0.2, 0.25) is 0 Å². The standard InChI is InChI=1S/C16H22O7/c1-10(5-4-7-17)15(21)23-16(22)12(3)11(2)9-13(6-8-18)14(19)20/h9,11,17-18H,1,3-8H2,2H3,(H,19,20). The van der Waals surface area contributed by atoms with Crippen LogP contribution >= 0.6 is 0 Å². The summed E-state index contributed by atoms with van der Waals surface area (Å²) in [7, 11) is 0. The van der Waals surface area contributed by atoms with Crippen molar-refractivity contribution in [3.05, 3.63) is 36.0 Å². The first-order valence-electron chi connectivity index (χ1n) is 7.03. The van der Waals surface area contributed by atoms with Crippen LogP contribution in [0.3, 0.4) is 0 Å². The Balaban J connectivity index is 4.79. The molecule has 0 heterocycles. The predicted octanol–water partition coefficient (Wildman–Crippen LogP) is 0.971. The van der Waals surface area contributed by atoms with Crippen molar-refractivity contribution in [2.75, 3.05) is 13.2 Å². The molecule has 0 rings (SSSR count). The van der Waals surface area contributed by atoms with Gasteiger partial charge in [-0.15, -0.1) is 0 Å². The van der Waals surface area contributed by atoms with E-state index in [0.29, 0.717) is 6.42 Å². The number of allylic oxidation sites excluding steroid dienone is 1. The number of hydrogen-bond acceptors (Lipinski definition) is 6. The van der Waals surface area contributed by atoms with Gasteiger partial charge in [0.15, 0.2) is 0 Å². The number of aliphatic hydroxyl groups excluding tert-OH is 2. The molecular formula is C16H22O7. The third kappa shape index (κ3) is 7.53. The maximum absolute atomic E-state index is 11.8. The second kappa shape index (κ2) is 10.5. The van der Waals surface area contributed by atoms with Crippen molar-refractivity contribution in [2.24, 2.45) is 5.92 Å². The summed E-state index contributed by atoms with van der Waals surface area (Å²) < 4.78 is 4.61. The van der Waals surface area contributed by atoms with Crippen molar-refractivity contribution < 1.29 is 34.4 Å². The summed E-state index contributed by atoms with van der Waals surface area (Å²) in [6.45, 7) is 8.03. The van der Waals surface area contributed by atoms with Gasteiger partial charge >= 0.3 is 17.9 Å². The number of ether oxygens (including phenoxy) is 1. The summed E-state index contributed by atoms with van der Waals surface area (Å²) in [5.41, 5.74) is -0.104. The van der Waals surface area contributed by atoms with E-state index in [1.807, 2.05) is 0 Å². The van der Waals surface area contributed by atoms with Crippen LogP contribution in [0.1, 0.15) is 26.2 Å². The summed E-state index contributed by atoms with van der Waals surface area (Å²) in [6.07, 6.45) is 1.72. The lowest BCUT2D eigenvalue weighted by molar-refractivity contribution is -0.154. The molecule has 0 saturated carbocycles. The number of esters is 2. The molecule has 7 heteroatoms. The second-order valence-electron chi connectivity index (χ2n) is 4.89. The molecule has 1 unspecified atom stereocenters. The molecule has 0 aromatic carbocycles. The largest absolute Gasteiger partial charge is 0.478 e. The molecule has 23 heavy (non-hydrogen) atoms. The van der Waals surface area contributed by atoms with Crippen LogP contribution in [0.5, 0.6) is 0 Å². The predicted molar refractivity (Wildman–Crippen MR) is 82.3 cm³/mol. The zero-order valence-corrected chi connectivity index (χ0v) is 13.1. The molecule has 0 spiro atoms. The first-order chi connectivity index (χ1) is 10.7. The molecule has 0 saturated heterocycles. The maximum atomic E-state index is 11.8. The van der Waals surface area contributed by atoms with Gasteiger partial charge in [0.1, 0.15) is 0 Å². The highest BCUT2D eigenvalue weighted by atomic mass is 16.6. The van der Waals surface area contributed by atoms with E-state index in [4.69, 9.17) is 15.3 Å². The Labute approximate surface area is 134 Å². The number of aliphatic hydroxyl groups is 2. The fraction of sp³-hybridized carbons (Fsp3) is 0.438. The third-order valence-corrected chi connectivity index (χ3v) is 3.03. The molecule has 0 aliphatic carbocycles. The highest BCUT2D eigenvalue weighted by Gasteiger charge is 2.21. The van der Waals surface area contributed by atoms with E-state index in [2.05, 4.69) is 17.9 Å². The number of carboxylic acids is 1. The van der Waals surface area contributed by atoms with Gasteiger partial charge in [-0.05, 0) is 12.8 Å². The number of hydrogen-bond donors (Lipinski definition) is 3. The molecule has 1 atom stereocenters. The molecule has 0 aromatic heterocycles.